The predicted molar refractivity (Wildman–Crippen MR) is 116 cm³/mol. The van der Waals surface area contributed by atoms with Gasteiger partial charge >= 0.3 is 6.18 Å². The van der Waals surface area contributed by atoms with Crippen LogP contribution >= 0.6 is 0 Å². The van der Waals surface area contributed by atoms with Gasteiger partial charge in [0.2, 0.25) is 15.9 Å². The summed E-state index contributed by atoms with van der Waals surface area (Å²) in [6.45, 7) is 0.456. The fourth-order valence-corrected chi connectivity index (χ4v) is 5.36. The molecule has 1 aliphatic rings. The third-order valence-corrected chi connectivity index (χ3v) is 7.39. The summed E-state index contributed by atoms with van der Waals surface area (Å²) >= 11 is 0. The molecule has 0 saturated carbocycles. The lowest BCUT2D eigenvalue weighted by Crippen LogP contribution is -2.43. The van der Waals surface area contributed by atoms with Crippen LogP contribution in [0.15, 0.2) is 53.9 Å². The molecule has 1 aliphatic heterocycles. The summed E-state index contributed by atoms with van der Waals surface area (Å²) in [6.07, 6.45) is 2.24. The zero-order valence-corrected chi connectivity index (χ0v) is 19.1. The Kier molecular flexibility index (Phi) is 6.49. The summed E-state index contributed by atoms with van der Waals surface area (Å²) in [5.41, 5.74) is 0.0531. The molecule has 0 radical (unpaired) electrons. The number of carbonyl (C=O) groups is 1. The zero-order chi connectivity index (χ0) is 24.5. The molecule has 1 unspecified atom stereocenters. The van der Waals surface area contributed by atoms with E-state index in [0.717, 1.165) is 12.1 Å². The van der Waals surface area contributed by atoms with E-state index in [1.807, 2.05) is 0 Å². The van der Waals surface area contributed by atoms with Gasteiger partial charge in [-0.3, -0.25) is 14.2 Å². The molecule has 34 heavy (non-hydrogen) atoms. The SMILES string of the molecule is Cn1cc(S(=O)(=O)N2CCCC(C(=O)Nc3cnn(Cc4cccc(C(F)(F)F)c4)c3)C2)cn1. The largest absolute Gasteiger partial charge is 0.416 e. The minimum absolute atomic E-state index is 0.0431. The highest BCUT2D eigenvalue weighted by atomic mass is 32.2. The highest BCUT2D eigenvalue weighted by molar-refractivity contribution is 7.89. The van der Waals surface area contributed by atoms with Gasteiger partial charge in [0.1, 0.15) is 4.90 Å². The molecule has 3 heterocycles. The van der Waals surface area contributed by atoms with E-state index in [1.165, 1.54) is 44.5 Å². The average Bonchev–Trinajstić information content (AvgIpc) is 3.42. The summed E-state index contributed by atoms with van der Waals surface area (Å²) < 4.78 is 68.5. The maximum absolute atomic E-state index is 12.9. The normalized spacial score (nSPS) is 17.6. The minimum Gasteiger partial charge on any atom is -0.323 e. The van der Waals surface area contributed by atoms with Crippen molar-refractivity contribution in [2.24, 2.45) is 13.0 Å². The van der Waals surface area contributed by atoms with Gasteiger partial charge in [-0.05, 0) is 30.5 Å². The molecule has 3 aromatic rings. The van der Waals surface area contributed by atoms with E-state index < -0.39 is 27.7 Å². The molecular weight excluding hydrogens is 473 g/mol. The van der Waals surface area contributed by atoms with Crippen molar-refractivity contribution in [2.45, 2.75) is 30.5 Å². The number of nitrogens with zero attached hydrogens (tertiary/aromatic N) is 5. The third kappa shape index (κ3) is 5.30. The van der Waals surface area contributed by atoms with E-state index in [0.29, 0.717) is 30.6 Å². The summed E-state index contributed by atoms with van der Waals surface area (Å²) in [5.74, 6) is -0.892. The van der Waals surface area contributed by atoms with Gasteiger partial charge in [0.15, 0.2) is 0 Å². The lowest BCUT2D eigenvalue weighted by molar-refractivity contribution is -0.137. The first-order valence-corrected chi connectivity index (χ1v) is 11.9. The Hall–Kier alpha value is -3.19. The van der Waals surface area contributed by atoms with E-state index in [1.54, 1.807) is 13.1 Å². The van der Waals surface area contributed by atoms with Crippen molar-refractivity contribution in [1.29, 1.82) is 0 Å². The third-order valence-electron chi connectivity index (χ3n) is 5.57. The number of rotatable bonds is 6. The summed E-state index contributed by atoms with van der Waals surface area (Å²) in [7, 11) is -2.13. The number of nitrogens with one attached hydrogen (secondary N) is 1. The maximum Gasteiger partial charge on any atom is 0.416 e. The number of anilines is 1. The number of carbonyl (C=O) groups excluding carboxylic acids is 1. The lowest BCUT2D eigenvalue weighted by Gasteiger charge is -2.30. The summed E-state index contributed by atoms with van der Waals surface area (Å²) in [4.78, 5) is 12.9. The van der Waals surface area contributed by atoms with Gasteiger partial charge in [-0.1, -0.05) is 12.1 Å². The van der Waals surface area contributed by atoms with Gasteiger partial charge in [-0.15, -0.1) is 0 Å². The van der Waals surface area contributed by atoms with E-state index in [-0.39, 0.29) is 23.9 Å². The van der Waals surface area contributed by atoms with Gasteiger partial charge in [0, 0.05) is 32.5 Å². The van der Waals surface area contributed by atoms with Crippen LogP contribution in [0, 0.1) is 5.92 Å². The van der Waals surface area contributed by atoms with Crippen LogP contribution in [0.5, 0.6) is 0 Å². The predicted octanol–water partition coefficient (Wildman–Crippen LogP) is 2.72. The lowest BCUT2D eigenvalue weighted by atomic mass is 9.99. The first kappa shape index (κ1) is 24.0. The van der Waals surface area contributed by atoms with E-state index in [2.05, 4.69) is 15.5 Å². The second-order valence-corrected chi connectivity index (χ2v) is 10.1. The van der Waals surface area contributed by atoms with Crippen LogP contribution < -0.4 is 5.32 Å². The number of halogens is 3. The molecule has 0 aliphatic carbocycles. The van der Waals surface area contributed by atoms with E-state index in [9.17, 15) is 26.4 Å². The highest BCUT2D eigenvalue weighted by Crippen LogP contribution is 2.30. The minimum atomic E-state index is -4.43. The van der Waals surface area contributed by atoms with Crippen LogP contribution in [0.25, 0.3) is 0 Å². The van der Waals surface area contributed by atoms with Crippen LogP contribution in [0.3, 0.4) is 0 Å². The molecule has 1 aromatic carbocycles. The molecule has 182 valence electrons. The summed E-state index contributed by atoms with van der Waals surface area (Å²) in [5, 5.41) is 10.7. The Labute approximate surface area is 194 Å². The van der Waals surface area contributed by atoms with Crippen molar-refractivity contribution in [3.63, 3.8) is 0 Å². The molecule has 9 nitrogen and oxygen atoms in total. The number of hydrogen-bond acceptors (Lipinski definition) is 5. The van der Waals surface area contributed by atoms with Crippen molar-refractivity contribution < 1.29 is 26.4 Å². The van der Waals surface area contributed by atoms with Crippen LogP contribution in [0.4, 0.5) is 18.9 Å². The van der Waals surface area contributed by atoms with Crippen molar-refractivity contribution >= 4 is 21.6 Å². The van der Waals surface area contributed by atoms with E-state index in [4.69, 9.17) is 0 Å². The molecular formula is C21H23F3N6O3S. The molecule has 0 bridgehead atoms. The Morgan fingerprint density at radius 1 is 1.21 bits per heavy atom. The van der Waals surface area contributed by atoms with Gasteiger partial charge < -0.3 is 5.32 Å². The molecule has 1 fully saturated rings. The van der Waals surface area contributed by atoms with E-state index >= 15 is 0 Å². The van der Waals surface area contributed by atoms with Crippen LogP contribution in [0.2, 0.25) is 0 Å². The molecule has 1 atom stereocenters. The number of sulfonamides is 1. The fourth-order valence-electron chi connectivity index (χ4n) is 3.85. The molecule has 13 heteroatoms. The number of piperidine rings is 1. The van der Waals surface area contributed by atoms with Crippen molar-refractivity contribution in [2.75, 3.05) is 18.4 Å². The topological polar surface area (TPSA) is 102 Å². The Bertz CT molecular complexity index is 1280. The Balaban J connectivity index is 1.39. The number of benzene rings is 1. The maximum atomic E-state index is 12.9. The molecule has 2 aromatic heterocycles. The summed E-state index contributed by atoms with van der Waals surface area (Å²) in [6, 6.07) is 4.95. The molecule has 1 N–H and O–H groups in total. The van der Waals surface area contributed by atoms with Crippen molar-refractivity contribution in [1.82, 2.24) is 23.9 Å². The highest BCUT2D eigenvalue weighted by Gasteiger charge is 2.34. The molecule has 0 spiro atoms. The van der Waals surface area contributed by atoms with Crippen LogP contribution in [-0.4, -0.2) is 51.3 Å². The van der Waals surface area contributed by atoms with Gasteiger partial charge in [0.05, 0.1) is 36.1 Å². The fraction of sp³-hybridized carbons (Fsp3) is 0.381. The van der Waals surface area contributed by atoms with Gasteiger partial charge in [-0.2, -0.15) is 27.7 Å². The zero-order valence-electron chi connectivity index (χ0n) is 18.2. The average molecular weight is 497 g/mol. The monoisotopic (exact) mass is 496 g/mol. The van der Waals surface area contributed by atoms with Gasteiger partial charge in [0.25, 0.3) is 0 Å². The number of amides is 1. The number of aromatic nitrogens is 4. The van der Waals surface area contributed by atoms with Crippen molar-refractivity contribution in [3.05, 3.63) is 60.2 Å². The quantitative estimate of drug-likeness (QED) is 0.566. The molecule has 1 amide bonds. The first-order chi connectivity index (χ1) is 16.0. The first-order valence-electron chi connectivity index (χ1n) is 10.5. The molecule has 4 rings (SSSR count). The number of hydrogen-bond donors (Lipinski definition) is 1. The standard InChI is InChI=1S/C21H23F3N6O3S/c1-28-14-19(10-25-28)34(32,33)30-7-3-5-16(12-30)20(31)27-18-9-26-29(13-18)11-15-4-2-6-17(8-15)21(22,23)24/h2,4,6,8-10,13-14,16H,3,5,7,11-12H2,1H3,(H,27,31). The smallest absolute Gasteiger partial charge is 0.323 e. The number of alkyl halides is 3. The second kappa shape index (κ2) is 9.22. The Morgan fingerprint density at radius 3 is 2.71 bits per heavy atom. The van der Waals surface area contributed by atoms with Crippen LogP contribution in [0.1, 0.15) is 24.0 Å². The second-order valence-electron chi connectivity index (χ2n) is 8.17. The number of aryl methyl sites for hydroxylation is 1. The van der Waals surface area contributed by atoms with Crippen molar-refractivity contribution in [3.8, 4) is 0 Å². The van der Waals surface area contributed by atoms with Crippen LogP contribution in [-0.2, 0) is 34.6 Å². The molecule has 1 saturated heterocycles. The van der Waals surface area contributed by atoms with Gasteiger partial charge in [-0.25, -0.2) is 8.42 Å². The Morgan fingerprint density at radius 2 is 2.00 bits per heavy atom.